The van der Waals surface area contributed by atoms with Gasteiger partial charge in [-0.15, -0.1) is 0 Å². The largest absolute Gasteiger partial charge is 0.335 e. The molecule has 0 aliphatic carbocycles. The van der Waals surface area contributed by atoms with E-state index >= 15 is 0 Å². The SMILES string of the molecule is CNCCC(=O)N1CCN(Cc2cccc(F)c2)C(=O)C1. The molecule has 0 spiro atoms. The molecule has 21 heavy (non-hydrogen) atoms. The Hall–Kier alpha value is -1.95. The lowest BCUT2D eigenvalue weighted by atomic mass is 10.2. The van der Waals surface area contributed by atoms with Gasteiger partial charge in [0.25, 0.3) is 0 Å². The standard InChI is InChI=1S/C15H20FN3O2/c1-17-6-5-14(20)19-8-7-18(15(21)11-19)10-12-3-2-4-13(16)9-12/h2-4,9,17H,5-8,10-11H2,1H3. The highest BCUT2D eigenvalue weighted by Crippen LogP contribution is 2.11. The first-order valence-electron chi connectivity index (χ1n) is 7.04. The van der Waals surface area contributed by atoms with Gasteiger partial charge in [-0.2, -0.15) is 0 Å². The molecule has 0 saturated carbocycles. The Morgan fingerprint density at radius 2 is 2.19 bits per heavy atom. The van der Waals surface area contributed by atoms with E-state index in [0.29, 0.717) is 32.6 Å². The average molecular weight is 293 g/mol. The topological polar surface area (TPSA) is 52.7 Å². The third-order valence-corrected chi connectivity index (χ3v) is 3.52. The first-order valence-corrected chi connectivity index (χ1v) is 7.04. The minimum atomic E-state index is -0.305. The summed E-state index contributed by atoms with van der Waals surface area (Å²) < 4.78 is 13.1. The summed E-state index contributed by atoms with van der Waals surface area (Å²) in [7, 11) is 1.79. The van der Waals surface area contributed by atoms with E-state index in [1.54, 1.807) is 29.0 Å². The number of nitrogens with zero attached hydrogens (tertiary/aromatic N) is 2. The van der Waals surface area contributed by atoms with Crippen molar-refractivity contribution in [3.05, 3.63) is 35.6 Å². The Balaban J connectivity index is 1.89. The zero-order valence-corrected chi connectivity index (χ0v) is 12.1. The Morgan fingerprint density at radius 3 is 2.86 bits per heavy atom. The summed E-state index contributed by atoms with van der Waals surface area (Å²) in [4.78, 5) is 27.2. The zero-order valence-electron chi connectivity index (χ0n) is 12.1. The summed E-state index contributed by atoms with van der Waals surface area (Å²) in [6, 6.07) is 6.23. The molecule has 0 atom stereocenters. The smallest absolute Gasteiger partial charge is 0.242 e. The minimum Gasteiger partial charge on any atom is -0.335 e. The van der Waals surface area contributed by atoms with Crippen LogP contribution in [0.3, 0.4) is 0 Å². The molecule has 0 unspecified atom stereocenters. The van der Waals surface area contributed by atoms with Crippen molar-refractivity contribution < 1.29 is 14.0 Å². The zero-order chi connectivity index (χ0) is 15.2. The molecule has 1 aliphatic rings. The molecule has 0 aromatic heterocycles. The Kier molecular flexibility index (Phi) is 5.27. The second-order valence-electron chi connectivity index (χ2n) is 5.11. The molecule has 2 amide bonds. The van der Waals surface area contributed by atoms with Gasteiger partial charge in [0.2, 0.25) is 11.8 Å². The van der Waals surface area contributed by atoms with Gasteiger partial charge in [0.15, 0.2) is 0 Å². The highest BCUT2D eigenvalue weighted by Gasteiger charge is 2.26. The van der Waals surface area contributed by atoms with Gasteiger partial charge in [0.05, 0.1) is 6.54 Å². The molecule has 1 N–H and O–H groups in total. The van der Waals surface area contributed by atoms with E-state index < -0.39 is 0 Å². The molecule has 114 valence electrons. The van der Waals surface area contributed by atoms with E-state index in [9.17, 15) is 14.0 Å². The second kappa shape index (κ2) is 7.17. The van der Waals surface area contributed by atoms with E-state index in [2.05, 4.69) is 5.32 Å². The number of hydrogen-bond donors (Lipinski definition) is 1. The fourth-order valence-corrected chi connectivity index (χ4v) is 2.33. The number of amides is 2. The van der Waals surface area contributed by atoms with Crippen molar-refractivity contribution >= 4 is 11.8 Å². The van der Waals surface area contributed by atoms with Crippen LogP contribution in [-0.4, -0.2) is 54.8 Å². The number of carbonyl (C=O) groups is 2. The summed E-state index contributed by atoms with van der Waals surface area (Å²) >= 11 is 0. The number of nitrogens with one attached hydrogen (secondary N) is 1. The summed E-state index contributed by atoms with van der Waals surface area (Å²) in [5, 5.41) is 2.92. The third kappa shape index (κ3) is 4.26. The van der Waals surface area contributed by atoms with Gasteiger partial charge >= 0.3 is 0 Å². The Bertz CT molecular complexity index is 521. The van der Waals surface area contributed by atoms with Crippen LogP contribution in [0.25, 0.3) is 0 Å². The van der Waals surface area contributed by atoms with Crippen molar-refractivity contribution in [2.24, 2.45) is 0 Å². The molecule has 1 fully saturated rings. The minimum absolute atomic E-state index is 0.0110. The maximum Gasteiger partial charge on any atom is 0.242 e. The summed E-state index contributed by atoms with van der Waals surface area (Å²) in [6.07, 6.45) is 0.397. The van der Waals surface area contributed by atoms with Gasteiger partial charge in [-0.05, 0) is 24.7 Å². The number of piperazine rings is 1. The first-order chi connectivity index (χ1) is 10.1. The normalized spacial score (nSPS) is 15.4. The van der Waals surface area contributed by atoms with Gasteiger partial charge in [0, 0.05) is 32.6 Å². The summed E-state index contributed by atoms with van der Waals surface area (Å²) in [5.74, 6) is -0.410. The molecular weight excluding hydrogens is 273 g/mol. The van der Waals surface area contributed by atoms with Gasteiger partial charge in [-0.3, -0.25) is 9.59 Å². The molecule has 1 aromatic rings. The monoisotopic (exact) mass is 293 g/mol. The molecule has 2 rings (SSSR count). The summed E-state index contributed by atoms with van der Waals surface area (Å²) in [5.41, 5.74) is 0.762. The molecule has 1 aromatic carbocycles. The molecule has 1 heterocycles. The molecule has 5 nitrogen and oxygen atoms in total. The van der Waals surface area contributed by atoms with Crippen LogP contribution in [0.2, 0.25) is 0 Å². The molecular formula is C15H20FN3O2. The lowest BCUT2D eigenvalue weighted by Gasteiger charge is -2.34. The highest BCUT2D eigenvalue weighted by molar-refractivity contribution is 5.86. The van der Waals surface area contributed by atoms with Crippen LogP contribution in [0.1, 0.15) is 12.0 Å². The van der Waals surface area contributed by atoms with E-state index in [1.165, 1.54) is 12.1 Å². The fraction of sp³-hybridized carbons (Fsp3) is 0.467. The van der Waals surface area contributed by atoms with Crippen LogP contribution in [0.5, 0.6) is 0 Å². The number of halogens is 1. The maximum atomic E-state index is 13.1. The molecule has 6 heteroatoms. The van der Waals surface area contributed by atoms with Crippen LogP contribution < -0.4 is 5.32 Å². The van der Waals surface area contributed by atoms with Crippen LogP contribution in [0, 0.1) is 5.82 Å². The van der Waals surface area contributed by atoms with Crippen molar-refractivity contribution in [3.63, 3.8) is 0 Å². The number of benzene rings is 1. The predicted molar refractivity (Wildman–Crippen MR) is 76.9 cm³/mol. The molecule has 0 bridgehead atoms. The van der Waals surface area contributed by atoms with Crippen molar-refractivity contribution in [1.82, 2.24) is 15.1 Å². The maximum absolute atomic E-state index is 13.1. The van der Waals surface area contributed by atoms with E-state index in [4.69, 9.17) is 0 Å². The lowest BCUT2D eigenvalue weighted by Crippen LogP contribution is -2.52. The Morgan fingerprint density at radius 1 is 1.38 bits per heavy atom. The quantitative estimate of drug-likeness (QED) is 0.865. The van der Waals surface area contributed by atoms with Crippen molar-refractivity contribution in [1.29, 1.82) is 0 Å². The van der Waals surface area contributed by atoms with E-state index in [0.717, 1.165) is 5.56 Å². The lowest BCUT2D eigenvalue weighted by molar-refractivity contribution is -0.145. The van der Waals surface area contributed by atoms with Gasteiger partial charge in [-0.25, -0.2) is 4.39 Å². The van der Waals surface area contributed by atoms with Crippen molar-refractivity contribution in [3.8, 4) is 0 Å². The van der Waals surface area contributed by atoms with Gasteiger partial charge in [-0.1, -0.05) is 12.1 Å². The molecule has 1 saturated heterocycles. The molecule has 0 radical (unpaired) electrons. The fourth-order valence-electron chi connectivity index (χ4n) is 2.33. The number of carbonyl (C=O) groups excluding carboxylic acids is 2. The third-order valence-electron chi connectivity index (χ3n) is 3.52. The number of hydrogen-bond acceptors (Lipinski definition) is 3. The van der Waals surface area contributed by atoms with Crippen molar-refractivity contribution in [2.75, 3.05) is 33.2 Å². The summed E-state index contributed by atoms with van der Waals surface area (Å²) in [6.45, 7) is 2.12. The van der Waals surface area contributed by atoms with Gasteiger partial charge < -0.3 is 15.1 Å². The second-order valence-corrected chi connectivity index (χ2v) is 5.11. The molecule has 1 aliphatic heterocycles. The van der Waals surface area contributed by atoms with Crippen LogP contribution in [0.15, 0.2) is 24.3 Å². The van der Waals surface area contributed by atoms with E-state index in [-0.39, 0.29) is 24.2 Å². The van der Waals surface area contributed by atoms with Crippen LogP contribution >= 0.6 is 0 Å². The van der Waals surface area contributed by atoms with Crippen LogP contribution in [0.4, 0.5) is 4.39 Å². The first kappa shape index (κ1) is 15.4. The average Bonchev–Trinajstić information content (AvgIpc) is 2.47. The Labute approximate surface area is 123 Å². The van der Waals surface area contributed by atoms with Crippen molar-refractivity contribution in [2.45, 2.75) is 13.0 Å². The predicted octanol–water partition coefficient (Wildman–Crippen LogP) is 0.606. The highest BCUT2D eigenvalue weighted by atomic mass is 19.1. The van der Waals surface area contributed by atoms with Crippen LogP contribution in [-0.2, 0) is 16.1 Å². The number of rotatable bonds is 5. The van der Waals surface area contributed by atoms with Gasteiger partial charge in [0.1, 0.15) is 5.82 Å². The van der Waals surface area contributed by atoms with E-state index in [1.807, 2.05) is 0 Å².